The highest BCUT2D eigenvalue weighted by Gasteiger charge is 2.30. The second kappa shape index (κ2) is 2.03. The van der Waals surface area contributed by atoms with Gasteiger partial charge in [-0.05, 0) is 0 Å². The third kappa shape index (κ3) is 1.31. The standard InChI is InChI=1S/C4H4BF3NO/c1-3-9-2-4(10-3)5(6,7)8/h2H,1H3/q-1. The van der Waals surface area contributed by atoms with E-state index in [0.29, 0.717) is 6.20 Å². The van der Waals surface area contributed by atoms with Gasteiger partial charge >= 0.3 is 6.98 Å². The average molecular weight is 150 g/mol. The number of rotatable bonds is 1. The maximum Gasteiger partial charge on any atom is 0.546 e. The third-order valence-electron chi connectivity index (χ3n) is 0.962. The van der Waals surface area contributed by atoms with Gasteiger partial charge in [-0.25, -0.2) is 4.98 Å². The van der Waals surface area contributed by atoms with Gasteiger partial charge in [0.05, 0.1) is 5.66 Å². The molecule has 0 atom stereocenters. The molecule has 1 aromatic heterocycles. The van der Waals surface area contributed by atoms with Gasteiger partial charge in [-0.1, -0.05) is 0 Å². The Hall–Kier alpha value is -0.935. The van der Waals surface area contributed by atoms with E-state index in [-0.39, 0.29) is 5.89 Å². The molecular weight excluding hydrogens is 146 g/mol. The van der Waals surface area contributed by atoms with Gasteiger partial charge in [-0.2, -0.15) is 0 Å². The van der Waals surface area contributed by atoms with Crippen LogP contribution in [0.25, 0.3) is 0 Å². The van der Waals surface area contributed by atoms with Crippen molar-refractivity contribution in [3.63, 3.8) is 0 Å². The van der Waals surface area contributed by atoms with Gasteiger partial charge in [-0.15, -0.1) is 0 Å². The molecule has 1 rings (SSSR count). The van der Waals surface area contributed by atoms with Gasteiger partial charge in [0.1, 0.15) is 0 Å². The minimum Gasteiger partial charge on any atom is -0.478 e. The van der Waals surface area contributed by atoms with Crippen molar-refractivity contribution >= 4 is 12.6 Å². The Morgan fingerprint density at radius 3 is 2.30 bits per heavy atom. The number of oxazole rings is 1. The first-order chi connectivity index (χ1) is 4.50. The van der Waals surface area contributed by atoms with Crippen molar-refractivity contribution in [3.8, 4) is 0 Å². The zero-order valence-corrected chi connectivity index (χ0v) is 5.14. The van der Waals surface area contributed by atoms with Gasteiger partial charge in [0, 0.05) is 13.1 Å². The predicted octanol–water partition coefficient (Wildman–Crippen LogP) is 1.04. The van der Waals surface area contributed by atoms with Crippen molar-refractivity contribution in [2.45, 2.75) is 6.92 Å². The Morgan fingerprint density at radius 1 is 1.50 bits per heavy atom. The summed E-state index contributed by atoms with van der Waals surface area (Å²) >= 11 is 0. The van der Waals surface area contributed by atoms with Crippen LogP contribution in [0.4, 0.5) is 12.9 Å². The molecule has 0 aliphatic heterocycles. The summed E-state index contributed by atoms with van der Waals surface area (Å²) < 4.78 is 39.4. The number of hydrogen-bond donors (Lipinski definition) is 0. The quantitative estimate of drug-likeness (QED) is 0.558. The molecule has 0 unspecified atom stereocenters. The lowest BCUT2D eigenvalue weighted by atomic mass is 9.89. The van der Waals surface area contributed by atoms with Crippen LogP contribution in [0.2, 0.25) is 0 Å². The number of halogens is 3. The SMILES string of the molecule is Cc1ncc([B-](F)(F)F)o1. The van der Waals surface area contributed by atoms with E-state index in [1.54, 1.807) is 0 Å². The smallest absolute Gasteiger partial charge is 0.478 e. The molecule has 0 saturated heterocycles. The van der Waals surface area contributed by atoms with Crippen molar-refractivity contribution in [3.05, 3.63) is 12.1 Å². The second-order valence-electron chi connectivity index (χ2n) is 1.86. The van der Waals surface area contributed by atoms with Crippen LogP contribution in [0.15, 0.2) is 10.6 Å². The predicted molar refractivity (Wildman–Crippen MR) is 30.0 cm³/mol. The Balaban J connectivity index is 2.96. The molecule has 0 saturated carbocycles. The molecule has 1 heterocycles. The second-order valence-corrected chi connectivity index (χ2v) is 1.86. The molecule has 0 aromatic carbocycles. The molecule has 56 valence electrons. The number of hydrogen-bond acceptors (Lipinski definition) is 2. The third-order valence-corrected chi connectivity index (χ3v) is 0.962. The lowest BCUT2D eigenvalue weighted by Gasteiger charge is -2.07. The fourth-order valence-electron chi connectivity index (χ4n) is 0.529. The molecular formula is C4H4BF3NO-. The summed E-state index contributed by atoms with van der Waals surface area (Å²) in [6.07, 6.45) is 0.690. The van der Waals surface area contributed by atoms with Crippen LogP contribution in [0.1, 0.15) is 5.89 Å². The van der Waals surface area contributed by atoms with E-state index >= 15 is 0 Å². The molecule has 0 N–H and O–H groups in total. The first kappa shape index (κ1) is 7.18. The molecule has 1 aromatic rings. The molecule has 0 amide bonds. The van der Waals surface area contributed by atoms with E-state index in [9.17, 15) is 12.9 Å². The van der Waals surface area contributed by atoms with Crippen molar-refractivity contribution in [2.75, 3.05) is 0 Å². The van der Waals surface area contributed by atoms with Crippen molar-refractivity contribution in [2.24, 2.45) is 0 Å². The van der Waals surface area contributed by atoms with Crippen LogP contribution in [-0.4, -0.2) is 12.0 Å². The Kier molecular flexibility index (Phi) is 1.46. The van der Waals surface area contributed by atoms with Gasteiger partial charge in [0.25, 0.3) is 0 Å². The summed E-state index contributed by atoms with van der Waals surface area (Å²) in [5.41, 5.74) is -0.988. The molecule has 0 aliphatic rings. The van der Waals surface area contributed by atoms with Gasteiger partial charge in [-0.3, -0.25) is 0 Å². The van der Waals surface area contributed by atoms with Crippen molar-refractivity contribution in [1.82, 2.24) is 4.98 Å². The van der Waals surface area contributed by atoms with Crippen LogP contribution in [0.5, 0.6) is 0 Å². The van der Waals surface area contributed by atoms with Crippen LogP contribution >= 0.6 is 0 Å². The number of nitrogens with zero attached hydrogens (tertiary/aromatic N) is 1. The minimum absolute atomic E-state index is 0.0363. The van der Waals surface area contributed by atoms with Crippen LogP contribution in [0.3, 0.4) is 0 Å². The highest BCUT2D eigenvalue weighted by Crippen LogP contribution is 2.08. The summed E-state index contributed by atoms with van der Waals surface area (Å²) in [4.78, 5) is 3.31. The van der Waals surface area contributed by atoms with Crippen LogP contribution in [0, 0.1) is 6.92 Å². The van der Waals surface area contributed by atoms with Gasteiger partial charge in [0.15, 0.2) is 5.89 Å². The summed E-state index contributed by atoms with van der Waals surface area (Å²) in [5.74, 6) is 0.0363. The average Bonchev–Trinajstić information content (AvgIpc) is 2.11. The van der Waals surface area contributed by atoms with E-state index in [1.165, 1.54) is 6.92 Å². The number of aromatic nitrogens is 1. The highest BCUT2D eigenvalue weighted by molar-refractivity contribution is 6.72. The molecule has 0 spiro atoms. The molecule has 10 heavy (non-hydrogen) atoms. The molecule has 0 fully saturated rings. The summed E-state index contributed by atoms with van der Waals surface area (Å²) in [6.45, 7) is -3.65. The summed E-state index contributed by atoms with van der Waals surface area (Å²) in [6, 6.07) is 0. The molecule has 0 radical (unpaired) electrons. The summed E-state index contributed by atoms with van der Waals surface area (Å²) in [5, 5.41) is 0. The minimum atomic E-state index is -5.01. The first-order valence-electron chi connectivity index (χ1n) is 2.62. The Labute approximate surface area is 55.1 Å². The van der Waals surface area contributed by atoms with Crippen molar-refractivity contribution < 1.29 is 17.4 Å². The van der Waals surface area contributed by atoms with E-state index in [1.807, 2.05) is 0 Å². The topological polar surface area (TPSA) is 26.0 Å². The normalized spacial score (nSPS) is 12.0. The van der Waals surface area contributed by atoms with Crippen LogP contribution < -0.4 is 5.66 Å². The lowest BCUT2D eigenvalue weighted by Crippen LogP contribution is -2.32. The maximum atomic E-state index is 11.7. The first-order valence-corrected chi connectivity index (χ1v) is 2.62. The molecule has 0 aliphatic carbocycles. The van der Waals surface area contributed by atoms with Gasteiger partial charge in [0.2, 0.25) is 0 Å². The van der Waals surface area contributed by atoms with E-state index in [2.05, 4.69) is 9.40 Å². The highest BCUT2D eigenvalue weighted by atomic mass is 19.4. The van der Waals surface area contributed by atoms with Crippen LogP contribution in [-0.2, 0) is 0 Å². The Bertz CT molecular complexity index is 231. The fraction of sp³-hybridized carbons (Fsp3) is 0.250. The number of aryl methyl sites for hydroxylation is 1. The zero-order valence-electron chi connectivity index (χ0n) is 5.14. The van der Waals surface area contributed by atoms with Gasteiger partial charge < -0.3 is 17.4 Å². The zero-order chi connectivity index (χ0) is 7.78. The lowest BCUT2D eigenvalue weighted by molar-refractivity contribution is 0.455. The monoisotopic (exact) mass is 150 g/mol. The molecule has 6 heteroatoms. The molecule has 0 bridgehead atoms. The van der Waals surface area contributed by atoms with E-state index in [0.717, 1.165) is 0 Å². The van der Waals surface area contributed by atoms with E-state index in [4.69, 9.17) is 0 Å². The Morgan fingerprint density at radius 2 is 2.10 bits per heavy atom. The summed E-state index contributed by atoms with van der Waals surface area (Å²) in [7, 11) is 0. The molecule has 2 nitrogen and oxygen atoms in total. The maximum absolute atomic E-state index is 11.7. The fourth-order valence-corrected chi connectivity index (χ4v) is 0.529. The van der Waals surface area contributed by atoms with E-state index < -0.39 is 12.6 Å². The largest absolute Gasteiger partial charge is 0.546 e. The van der Waals surface area contributed by atoms with Crippen molar-refractivity contribution in [1.29, 1.82) is 0 Å².